The van der Waals surface area contributed by atoms with Gasteiger partial charge in [-0.2, -0.15) is 0 Å². The van der Waals surface area contributed by atoms with E-state index in [9.17, 15) is 15.2 Å². The summed E-state index contributed by atoms with van der Waals surface area (Å²) >= 11 is 0. The van der Waals surface area contributed by atoms with Crippen molar-refractivity contribution in [3.63, 3.8) is 0 Å². The maximum atomic E-state index is 10.8. The van der Waals surface area contributed by atoms with Gasteiger partial charge in [0.1, 0.15) is 5.75 Å². The quantitative estimate of drug-likeness (QED) is 0.197. The van der Waals surface area contributed by atoms with Gasteiger partial charge in [-0.3, -0.25) is 10.1 Å². The number of hydrogen-bond donors (Lipinski definition) is 2. The number of rotatable bonds is 6. The van der Waals surface area contributed by atoms with Crippen LogP contribution in [0, 0.1) is 10.1 Å². The molecule has 30 heavy (non-hydrogen) atoms. The van der Waals surface area contributed by atoms with E-state index in [-0.39, 0.29) is 29.7 Å². The first-order valence-corrected chi connectivity index (χ1v) is 9.88. The Bertz CT molecular complexity index is 852. The molecule has 2 aromatic carbocycles. The van der Waals surface area contributed by atoms with Crippen molar-refractivity contribution in [2.75, 3.05) is 37.6 Å². The van der Waals surface area contributed by atoms with Crippen molar-refractivity contribution in [2.45, 2.75) is 19.9 Å². The molecule has 0 atom stereocenters. The molecule has 0 bridgehead atoms. The molecular formula is C21H28IN5O3. The monoisotopic (exact) mass is 525 g/mol. The maximum absolute atomic E-state index is 10.8. The maximum Gasteiger partial charge on any atom is 0.269 e. The third kappa shape index (κ3) is 6.22. The van der Waals surface area contributed by atoms with E-state index in [4.69, 9.17) is 4.99 Å². The van der Waals surface area contributed by atoms with E-state index < -0.39 is 4.92 Å². The minimum atomic E-state index is -0.398. The molecule has 0 unspecified atom stereocenters. The van der Waals surface area contributed by atoms with Crippen LogP contribution in [0.25, 0.3) is 0 Å². The van der Waals surface area contributed by atoms with Crippen LogP contribution in [0.2, 0.25) is 0 Å². The average molecular weight is 525 g/mol. The predicted octanol–water partition coefficient (Wildman–Crippen LogP) is 3.60. The average Bonchev–Trinajstić information content (AvgIpc) is 2.75. The van der Waals surface area contributed by atoms with Crippen LogP contribution >= 0.6 is 24.0 Å². The van der Waals surface area contributed by atoms with E-state index in [1.165, 1.54) is 12.1 Å². The summed E-state index contributed by atoms with van der Waals surface area (Å²) in [6.45, 7) is 6.58. The van der Waals surface area contributed by atoms with E-state index in [0.29, 0.717) is 12.3 Å². The van der Waals surface area contributed by atoms with Crippen LogP contribution in [0.3, 0.4) is 0 Å². The number of aliphatic imine (C=N–C) groups is 1. The first-order chi connectivity index (χ1) is 14.1. The molecule has 0 radical (unpaired) electrons. The number of hydrogen-bond acceptors (Lipinski definition) is 5. The molecular weight excluding hydrogens is 497 g/mol. The number of halogens is 1. The summed E-state index contributed by atoms with van der Waals surface area (Å²) in [5.74, 6) is 1.15. The number of nitrogens with zero attached hydrogens (tertiary/aromatic N) is 4. The van der Waals surface area contributed by atoms with Gasteiger partial charge < -0.3 is 20.2 Å². The molecule has 1 saturated heterocycles. The highest BCUT2D eigenvalue weighted by Crippen LogP contribution is 2.27. The minimum absolute atomic E-state index is 0. The number of nitrogens with one attached hydrogen (secondary N) is 1. The molecule has 1 heterocycles. The second-order valence-electron chi connectivity index (χ2n) is 6.95. The lowest BCUT2D eigenvalue weighted by atomic mass is 10.2. The lowest BCUT2D eigenvalue weighted by Crippen LogP contribution is -2.52. The Morgan fingerprint density at radius 1 is 1.13 bits per heavy atom. The van der Waals surface area contributed by atoms with Crippen LogP contribution in [0.4, 0.5) is 11.4 Å². The van der Waals surface area contributed by atoms with Crippen molar-refractivity contribution >= 4 is 41.3 Å². The van der Waals surface area contributed by atoms with Gasteiger partial charge in [0.2, 0.25) is 0 Å². The summed E-state index contributed by atoms with van der Waals surface area (Å²) in [7, 11) is 0. The summed E-state index contributed by atoms with van der Waals surface area (Å²) in [5.41, 5.74) is 1.87. The van der Waals surface area contributed by atoms with Crippen LogP contribution in [0.5, 0.6) is 5.75 Å². The zero-order valence-corrected chi connectivity index (χ0v) is 19.4. The number of nitro groups is 1. The Labute approximate surface area is 193 Å². The predicted molar refractivity (Wildman–Crippen MR) is 130 cm³/mol. The number of phenolic OH excluding ortho intramolecular Hbond substituents is 1. The fraction of sp³-hybridized carbons (Fsp3) is 0.381. The Kier molecular flexibility index (Phi) is 9.15. The number of guanidine groups is 1. The third-order valence-electron chi connectivity index (χ3n) is 4.89. The van der Waals surface area contributed by atoms with Crippen molar-refractivity contribution in [3.05, 3.63) is 64.2 Å². The molecule has 1 aliphatic rings. The molecule has 0 aliphatic carbocycles. The molecule has 3 rings (SSSR count). The number of anilines is 1. The summed E-state index contributed by atoms with van der Waals surface area (Å²) in [4.78, 5) is 19.5. The van der Waals surface area contributed by atoms with Gasteiger partial charge in [-0.15, -0.1) is 24.0 Å². The summed E-state index contributed by atoms with van der Waals surface area (Å²) in [6, 6.07) is 13.9. The molecule has 1 fully saturated rings. The normalized spacial score (nSPS) is 14.2. The van der Waals surface area contributed by atoms with Gasteiger partial charge in [0.25, 0.3) is 5.69 Å². The van der Waals surface area contributed by atoms with Crippen molar-refractivity contribution in [1.82, 2.24) is 10.2 Å². The van der Waals surface area contributed by atoms with Crippen molar-refractivity contribution in [1.29, 1.82) is 0 Å². The lowest BCUT2D eigenvalue weighted by molar-refractivity contribution is -0.384. The first-order valence-electron chi connectivity index (χ1n) is 9.88. The highest BCUT2D eigenvalue weighted by atomic mass is 127. The van der Waals surface area contributed by atoms with E-state index >= 15 is 0 Å². The molecule has 0 spiro atoms. The van der Waals surface area contributed by atoms with E-state index in [2.05, 4.69) is 22.0 Å². The number of nitro benzene ring substituents is 1. The Morgan fingerprint density at radius 2 is 1.80 bits per heavy atom. The molecule has 2 aromatic rings. The second-order valence-corrected chi connectivity index (χ2v) is 6.95. The molecule has 0 aromatic heterocycles. The third-order valence-corrected chi connectivity index (χ3v) is 4.89. The topological polar surface area (TPSA) is 94.2 Å². The molecule has 0 saturated carbocycles. The number of benzene rings is 2. The van der Waals surface area contributed by atoms with Crippen molar-refractivity contribution in [3.8, 4) is 5.75 Å². The first kappa shape index (κ1) is 23.7. The van der Waals surface area contributed by atoms with Gasteiger partial charge in [-0.25, -0.2) is 4.99 Å². The van der Waals surface area contributed by atoms with Gasteiger partial charge in [-0.05, 0) is 24.1 Å². The van der Waals surface area contributed by atoms with Crippen LogP contribution < -0.4 is 10.2 Å². The smallest absolute Gasteiger partial charge is 0.269 e. The van der Waals surface area contributed by atoms with Crippen LogP contribution in [0.1, 0.15) is 18.9 Å². The van der Waals surface area contributed by atoms with Gasteiger partial charge in [-0.1, -0.05) is 31.2 Å². The Balaban J connectivity index is 0.00000320. The van der Waals surface area contributed by atoms with Crippen LogP contribution in [-0.2, 0) is 6.54 Å². The Hall–Kier alpha value is -2.56. The summed E-state index contributed by atoms with van der Waals surface area (Å²) in [6.07, 6.45) is 0.994. The van der Waals surface area contributed by atoms with Crippen LogP contribution in [-0.4, -0.2) is 53.6 Å². The molecule has 0 amide bonds. The number of aromatic hydroxyl groups is 1. The number of piperazine rings is 1. The molecule has 2 N–H and O–H groups in total. The highest BCUT2D eigenvalue weighted by molar-refractivity contribution is 14.0. The SMILES string of the molecule is CCCNC(=NCc1ccc([N+](=O)[O-])cc1)N1CCN(c2ccccc2O)CC1.I. The van der Waals surface area contributed by atoms with Crippen molar-refractivity contribution in [2.24, 2.45) is 4.99 Å². The van der Waals surface area contributed by atoms with Crippen molar-refractivity contribution < 1.29 is 10.0 Å². The van der Waals surface area contributed by atoms with Gasteiger partial charge in [0.05, 0.1) is 17.2 Å². The Morgan fingerprint density at radius 3 is 2.40 bits per heavy atom. The molecule has 1 aliphatic heterocycles. The zero-order chi connectivity index (χ0) is 20.6. The summed E-state index contributed by atoms with van der Waals surface area (Å²) in [5, 5.41) is 24.3. The largest absolute Gasteiger partial charge is 0.506 e. The van der Waals surface area contributed by atoms with Gasteiger partial charge >= 0.3 is 0 Å². The highest BCUT2D eigenvalue weighted by Gasteiger charge is 2.21. The molecule has 8 nitrogen and oxygen atoms in total. The van der Waals surface area contributed by atoms with E-state index in [1.54, 1.807) is 18.2 Å². The number of non-ortho nitro benzene ring substituents is 1. The number of para-hydroxylation sites is 2. The standard InChI is InChI=1S/C21H27N5O3.HI/c1-2-11-22-21(23-16-17-7-9-18(10-8-17)26(28)29)25-14-12-24(13-15-25)19-5-3-4-6-20(19)27;/h3-10,27H,2,11-16H2,1H3,(H,22,23);1H. The minimum Gasteiger partial charge on any atom is -0.506 e. The van der Waals surface area contributed by atoms with Crippen LogP contribution in [0.15, 0.2) is 53.5 Å². The molecule has 9 heteroatoms. The van der Waals surface area contributed by atoms with Gasteiger partial charge in [0.15, 0.2) is 5.96 Å². The fourth-order valence-corrected chi connectivity index (χ4v) is 3.28. The van der Waals surface area contributed by atoms with Gasteiger partial charge in [0, 0.05) is 44.9 Å². The zero-order valence-electron chi connectivity index (χ0n) is 17.0. The van der Waals surface area contributed by atoms with E-state index in [0.717, 1.165) is 56.4 Å². The van der Waals surface area contributed by atoms with E-state index in [1.807, 2.05) is 18.2 Å². The fourth-order valence-electron chi connectivity index (χ4n) is 3.28. The second kappa shape index (κ2) is 11.6. The number of phenols is 1. The lowest BCUT2D eigenvalue weighted by Gasteiger charge is -2.38. The molecule has 162 valence electrons. The summed E-state index contributed by atoms with van der Waals surface area (Å²) < 4.78 is 0.